The third-order valence-corrected chi connectivity index (χ3v) is 8.43. The van der Waals surface area contributed by atoms with Gasteiger partial charge in [-0.1, -0.05) is 51.4 Å². The van der Waals surface area contributed by atoms with Crippen LogP contribution in [0.3, 0.4) is 0 Å². The van der Waals surface area contributed by atoms with Crippen LogP contribution in [0.15, 0.2) is 27.4 Å². The fraction of sp³-hybridized carbons (Fsp3) is 0.640. The van der Waals surface area contributed by atoms with Gasteiger partial charge in [0.15, 0.2) is 0 Å². The lowest BCUT2D eigenvalue weighted by molar-refractivity contribution is 0.421. The zero-order chi connectivity index (χ0) is 22.7. The molecule has 2 aliphatic carbocycles. The van der Waals surface area contributed by atoms with Crippen molar-refractivity contribution in [3.63, 3.8) is 0 Å². The lowest BCUT2D eigenvalue weighted by Crippen LogP contribution is -2.27. The summed E-state index contributed by atoms with van der Waals surface area (Å²) in [6, 6.07) is 5.12. The summed E-state index contributed by atoms with van der Waals surface area (Å²) in [5.74, 6) is 0.754. The molecule has 7 heteroatoms. The second-order valence-corrected chi connectivity index (χ2v) is 11.3. The molecule has 0 bridgehead atoms. The average molecular weight is 462 g/mol. The third-order valence-electron chi connectivity index (χ3n) is 7.13. The number of fused-ring (bicyclic) bond motifs is 1. The molecule has 2 aromatic rings. The molecule has 176 valence electrons. The molecule has 2 saturated carbocycles. The molecule has 2 aliphatic rings. The van der Waals surface area contributed by atoms with Crippen molar-refractivity contribution in [2.45, 2.75) is 88.9 Å². The first-order valence-corrected chi connectivity index (χ1v) is 13.5. The van der Waals surface area contributed by atoms with Crippen molar-refractivity contribution in [3.8, 4) is 5.75 Å². The summed E-state index contributed by atoms with van der Waals surface area (Å²) < 4.78 is 36.4. The zero-order valence-corrected chi connectivity index (χ0v) is 20.1. The summed E-state index contributed by atoms with van der Waals surface area (Å²) in [4.78, 5) is 13.4. The Morgan fingerprint density at radius 3 is 1.91 bits per heavy atom. The Balaban J connectivity index is 1.84. The number of hydrogen-bond acceptors (Lipinski definition) is 5. The quantitative estimate of drug-likeness (QED) is 0.412. The van der Waals surface area contributed by atoms with E-state index in [0.717, 1.165) is 59.3 Å². The topological polar surface area (TPSA) is 76.8 Å². The van der Waals surface area contributed by atoms with Crippen LogP contribution in [0, 0.1) is 0 Å². The summed E-state index contributed by atoms with van der Waals surface area (Å²) in [5.41, 5.74) is 2.21. The molecule has 2 fully saturated rings. The van der Waals surface area contributed by atoms with Crippen molar-refractivity contribution in [3.05, 3.63) is 39.7 Å². The van der Waals surface area contributed by atoms with E-state index in [4.69, 9.17) is 8.60 Å². The van der Waals surface area contributed by atoms with E-state index in [1.807, 2.05) is 6.07 Å². The summed E-state index contributed by atoms with van der Waals surface area (Å²) in [6.45, 7) is 0. The Labute approximate surface area is 191 Å². The first-order chi connectivity index (χ1) is 15.4. The Hall–Kier alpha value is -1.86. The lowest BCUT2D eigenvalue weighted by Gasteiger charge is -2.24. The van der Waals surface area contributed by atoms with Gasteiger partial charge in [0, 0.05) is 31.1 Å². The van der Waals surface area contributed by atoms with Gasteiger partial charge in [-0.05, 0) is 55.2 Å². The van der Waals surface area contributed by atoms with E-state index >= 15 is 0 Å². The predicted molar refractivity (Wildman–Crippen MR) is 127 cm³/mol. The summed E-state index contributed by atoms with van der Waals surface area (Å²) in [7, 11) is -1.05. The van der Waals surface area contributed by atoms with Gasteiger partial charge in [-0.25, -0.2) is 4.79 Å². The molecule has 0 atom stereocenters. The maximum atomic E-state index is 13.4. The van der Waals surface area contributed by atoms with Crippen LogP contribution in [-0.4, -0.2) is 26.8 Å². The van der Waals surface area contributed by atoms with E-state index < -0.39 is 10.3 Å². The number of hydrogen-bond donors (Lipinski definition) is 0. The van der Waals surface area contributed by atoms with Gasteiger partial charge in [0.05, 0.1) is 0 Å². The summed E-state index contributed by atoms with van der Waals surface area (Å²) >= 11 is 0. The van der Waals surface area contributed by atoms with Crippen LogP contribution >= 0.6 is 0 Å². The van der Waals surface area contributed by atoms with Gasteiger partial charge < -0.3 is 8.60 Å². The SMILES string of the molecule is CN(C)S(=O)(=O)Oc1ccc2c(C3CCCCCC3)c(C3CCCCCC3)c(=O)oc2c1. The van der Waals surface area contributed by atoms with Crippen molar-refractivity contribution >= 4 is 21.3 Å². The molecule has 0 amide bonds. The average Bonchev–Trinajstić information content (AvgIpc) is 3.17. The second kappa shape index (κ2) is 9.96. The second-order valence-electron chi connectivity index (χ2n) is 9.58. The Bertz CT molecular complexity index is 1090. The third kappa shape index (κ3) is 5.04. The maximum Gasteiger partial charge on any atom is 0.384 e. The van der Waals surface area contributed by atoms with Crippen molar-refractivity contribution in [2.75, 3.05) is 14.1 Å². The molecule has 6 nitrogen and oxygen atoms in total. The highest BCUT2D eigenvalue weighted by molar-refractivity contribution is 7.84. The minimum atomic E-state index is -3.88. The Morgan fingerprint density at radius 2 is 1.38 bits per heavy atom. The van der Waals surface area contributed by atoms with Gasteiger partial charge in [0.1, 0.15) is 11.3 Å². The first kappa shape index (κ1) is 23.3. The molecule has 0 unspecified atom stereocenters. The summed E-state index contributed by atoms with van der Waals surface area (Å²) in [5, 5.41) is 0.936. The number of rotatable bonds is 5. The van der Waals surface area contributed by atoms with E-state index in [2.05, 4.69) is 0 Å². The smallest absolute Gasteiger partial charge is 0.384 e. The van der Waals surface area contributed by atoms with Crippen LogP contribution in [0.25, 0.3) is 11.0 Å². The standard InChI is InChI=1S/C25H35NO5S/c1-26(2)32(28,29)31-20-15-16-21-22(17-20)30-25(27)24(19-13-9-5-6-10-14-19)23(21)18-11-7-3-4-8-12-18/h15-19H,3-14H2,1-2H3. The zero-order valence-electron chi connectivity index (χ0n) is 19.3. The molecule has 32 heavy (non-hydrogen) atoms. The monoisotopic (exact) mass is 461 g/mol. The van der Waals surface area contributed by atoms with Crippen molar-refractivity contribution < 1.29 is 17.0 Å². The van der Waals surface area contributed by atoms with Crippen molar-refractivity contribution in [1.82, 2.24) is 4.31 Å². The molecule has 4 rings (SSSR count). The maximum absolute atomic E-state index is 13.4. The Morgan fingerprint density at radius 1 is 0.844 bits per heavy atom. The van der Waals surface area contributed by atoms with Crippen LogP contribution in [-0.2, 0) is 10.3 Å². The molecule has 1 heterocycles. The molecule has 0 aliphatic heterocycles. The highest BCUT2D eigenvalue weighted by Gasteiger charge is 2.29. The van der Waals surface area contributed by atoms with Gasteiger partial charge in [-0.3, -0.25) is 0 Å². The largest absolute Gasteiger partial charge is 0.422 e. The molecule has 0 radical (unpaired) electrons. The predicted octanol–water partition coefficient (Wildman–Crippen LogP) is 5.85. The molecule has 1 aromatic carbocycles. The van der Waals surface area contributed by atoms with Crippen molar-refractivity contribution in [2.24, 2.45) is 0 Å². The molecule has 0 saturated heterocycles. The Kier molecular flexibility index (Phi) is 7.25. The lowest BCUT2D eigenvalue weighted by atomic mass is 9.80. The fourth-order valence-corrected chi connectivity index (χ4v) is 5.93. The van der Waals surface area contributed by atoms with E-state index in [1.54, 1.807) is 12.1 Å². The molecule has 1 aromatic heterocycles. The minimum Gasteiger partial charge on any atom is -0.422 e. The highest BCUT2D eigenvalue weighted by Crippen LogP contribution is 2.42. The normalized spacial score (nSPS) is 19.7. The van der Waals surface area contributed by atoms with E-state index in [0.29, 0.717) is 11.5 Å². The first-order valence-electron chi connectivity index (χ1n) is 12.1. The van der Waals surface area contributed by atoms with Crippen LogP contribution in [0.2, 0.25) is 0 Å². The van der Waals surface area contributed by atoms with Gasteiger partial charge >= 0.3 is 15.9 Å². The van der Waals surface area contributed by atoms with Gasteiger partial charge in [0.25, 0.3) is 0 Å². The van der Waals surface area contributed by atoms with Crippen LogP contribution in [0.4, 0.5) is 0 Å². The number of nitrogens with zero attached hydrogens (tertiary/aromatic N) is 1. The molecular formula is C25H35NO5S. The minimum absolute atomic E-state index is 0.156. The van der Waals surface area contributed by atoms with Crippen molar-refractivity contribution in [1.29, 1.82) is 0 Å². The molecule has 0 spiro atoms. The van der Waals surface area contributed by atoms with E-state index in [9.17, 15) is 13.2 Å². The van der Waals surface area contributed by atoms with Gasteiger partial charge in [0.2, 0.25) is 0 Å². The molecular weight excluding hydrogens is 426 g/mol. The molecule has 0 N–H and O–H groups in total. The fourth-order valence-electron chi connectivity index (χ4n) is 5.43. The van der Waals surface area contributed by atoms with Gasteiger partial charge in [-0.2, -0.15) is 12.7 Å². The number of benzene rings is 1. The van der Waals surface area contributed by atoms with E-state index in [-0.39, 0.29) is 17.3 Å². The van der Waals surface area contributed by atoms with Gasteiger partial charge in [-0.15, -0.1) is 0 Å². The van der Waals surface area contributed by atoms with Crippen LogP contribution in [0.1, 0.15) is 100 Å². The van der Waals surface area contributed by atoms with Crippen LogP contribution < -0.4 is 9.81 Å². The van der Waals surface area contributed by atoms with E-state index in [1.165, 1.54) is 52.6 Å². The highest BCUT2D eigenvalue weighted by atomic mass is 32.2. The van der Waals surface area contributed by atoms with Crippen LogP contribution in [0.5, 0.6) is 5.75 Å². The summed E-state index contributed by atoms with van der Waals surface area (Å²) in [6.07, 6.45) is 13.9.